The first kappa shape index (κ1) is 11.5. The number of likely N-dealkylation sites (N-methyl/N-ethyl adjacent to an activating group) is 1. The van der Waals surface area contributed by atoms with E-state index in [4.69, 9.17) is 5.73 Å². The Balaban J connectivity index is 2.29. The lowest BCUT2D eigenvalue weighted by atomic mass is 10.2. The molecule has 14 heavy (non-hydrogen) atoms. The lowest BCUT2D eigenvalue weighted by molar-refractivity contribution is -0.125. The van der Waals surface area contributed by atoms with Crippen molar-refractivity contribution in [3.63, 3.8) is 0 Å². The summed E-state index contributed by atoms with van der Waals surface area (Å²) in [6.07, 6.45) is 2.27. The molecule has 0 radical (unpaired) electrons. The van der Waals surface area contributed by atoms with Crippen LogP contribution < -0.4 is 11.1 Å². The first-order chi connectivity index (χ1) is 6.50. The molecule has 0 bridgehead atoms. The highest BCUT2D eigenvalue weighted by molar-refractivity contribution is 5.81. The Bertz CT molecular complexity index is 202. The fraction of sp³-hybridized carbons (Fsp3) is 0.900. The molecule has 1 fully saturated rings. The summed E-state index contributed by atoms with van der Waals surface area (Å²) in [5, 5.41) is 2.99. The molecule has 2 unspecified atom stereocenters. The predicted molar refractivity (Wildman–Crippen MR) is 56.9 cm³/mol. The van der Waals surface area contributed by atoms with Gasteiger partial charge in [0.05, 0.1) is 6.04 Å². The van der Waals surface area contributed by atoms with E-state index in [2.05, 4.69) is 5.32 Å². The first-order valence-corrected chi connectivity index (χ1v) is 5.27. The van der Waals surface area contributed by atoms with Crippen LogP contribution in [0.5, 0.6) is 0 Å². The van der Waals surface area contributed by atoms with Gasteiger partial charge in [0.15, 0.2) is 0 Å². The maximum absolute atomic E-state index is 11.6. The zero-order valence-corrected chi connectivity index (χ0v) is 9.29. The van der Waals surface area contributed by atoms with Crippen molar-refractivity contribution in [2.45, 2.75) is 44.8 Å². The number of nitrogens with zero attached hydrogens (tertiary/aromatic N) is 1. The minimum Gasteiger partial charge on any atom is -0.352 e. The summed E-state index contributed by atoms with van der Waals surface area (Å²) >= 11 is 0. The van der Waals surface area contributed by atoms with Crippen molar-refractivity contribution < 1.29 is 4.79 Å². The second kappa shape index (κ2) is 4.75. The molecule has 2 atom stereocenters. The molecular formula is C10H21N3O. The smallest absolute Gasteiger partial charge is 0.237 e. The quantitative estimate of drug-likeness (QED) is 0.652. The molecular weight excluding hydrogens is 178 g/mol. The number of nitrogens with two attached hydrogens (primary N) is 1. The molecule has 82 valence electrons. The van der Waals surface area contributed by atoms with E-state index in [1.807, 2.05) is 25.8 Å². The van der Waals surface area contributed by atoms with Gasteiger partial charge in [0.25, 0.3) is 0 Å². The molecule has 4 heteroatoms. The summed E-state index contributed by atoms with van der Waals surface area (Å²) in [5.74, 6) is 0.121. The van der Waals surface area contributed by atoms with Crippen LogP contribution in [0.25, 0.3) is 0 Å². The molecule has 4 nitrogen and oxygen atoms in total. The van der Waals surface area contributed by atoms with Crippen LogP contribution in [-0.2, 0) is 4.79 Å². The molecule has 1 aliphatic carbocycles. The van der Waals surface area contributed by atoms with Crippen molar-refractivity contribution in [1.29, 1.82) is 0 Å². The third-order valence-corrected chi connectivity index (χ3v) is 2.54. The summed E-state index contributed by atoms with van der Waals surface area (Å²) in [6, 6.07) is 0.464. The average molecular weight is 199 g/mol. The standard InChI is InChI=1S/C10H21N3O/c1-7(11)6-13(3)8(2)10(14)12-9-4-5-9/h7-9H,4-6,11H2,1-3H3,(H,12,14). The van der Waals surface area contributed by atoms with Crippen LogP contribution >= 0.6 is 0 Å². The van der Waals surface area contributed by atoms with Gasteiger partial charge in [-0.2, -0.15) is 0 Å². The number of hydrogen-bond acceptors (Lipinski definition) is 3. The Labute approximate surface area is 85.8 Å². The van der Waals surface area contributed by atoms with Crippen LogP contribution in [0.15, 0.2) is 0 Å². The number of carbonyl (C=O) groups excluding carboxylic acids is 1. The number of rotatable bonds is 5. The molecule has 1 amide bonds. The van der Waals surface area contributed by atoms with E-state index < -0.39 is 0 Å². The molecule has 1 aliphatic rings. The highest BCUT2D eigenvalue weighted by atomic mass is 16.2. The monoisotopic (exact) mass is 199 g/mol. The zero-order valence-electron chi connectivity index (χ0n) is 9.29. The van der Waals surface area contributed by atoms with Crippen molar-refractivity contribution in [2.75, 3.05) is 13.6 Å². The molecule has 0 heterocycles. The number of amides is 1. The van der Waals surface area contributed by atoms with Gasteiger partial charge in [0.2, 0.25) is 5.91 Å². The number of hydrogen-bond donors (Lipinski definition) is 2. The molecule has 0 aromatic carbocycles. The molecule has 3 N–H and O–H groups in total. The molecule has 0 aromatic heterocycles. The van der Waals surface area contributed by atoms with Gasteiger partial charge in [0, 0.05) is 18.6 Å². The van der Waals surface area contributed by atoms with E-state index in [-0.39, 0.29) is 18.0 Å². The minimum absolute atomic E-state index is 0.0819. The molecule has 0 spiro atoms. The van der Waals surface area contributed by atoms with Crippen LogP contribution in [0.4, 0.5) is 0 Å². The maximum atomic E-state index is 11.6. The zero-order chi connectivity index (χ0) is 10.7. The van der Waals surface area contributed by atoms with Crippen molar-refractivity contribution in [3.05, 3.63) is 0 Å². The van der Waals surface area contributed by atoms with Gasteiger partial charge in [-0.05, 0) is 33.7 Å². The normalized spacial score (nSPS) is 20.6. The Hall–Kier alpha value is -0.610. The summed E-state index contributed by atoms with van der Waals surface area (Å²) in [6.45, 7) is 4.61. The van der Waals surface area contributed by atoms with E-state index in [0.717, 1.165) is 19.4 Å². The Morgan fingerprint density at radius 2 is 2.14 bits per heavy atom. The molecule has 1 rings (SSSR count). The summed E-state index contributed by atoms with van der Waals surface area (Å²) in [4.78, 5) is 13.6. The van der Waals surface area contributed by atoms with Crippen molar-refractivity contribution in [3.8, 4) is 0 Å². The fourth-order valence-corrected chi connectivity index (χ4v) is 1.36. The van der Waals surface area contributed by atoms with Gasteiger partial charge in [-0.15, -0.1) is 0 Å². The van der Waals surface area contributed by atoms with Gasteiger partial charge >= 0.3 is 0 Å². The lowest BCUT2D eigenvalue weighted by Crippen LogP contribution is -2.47. The average Bonchev–Trinajstić information content (AvgIpc) is 2.85. The topological polar surface area (TPSA) is 58.4 Å². The Morgan fingerprint density at radius 3 is 2.57 bits per heavy atom. The maximum Gasteiger partial charge on any atom is 0.237 e. The highest BCUT2D eigenvalue weighted by Gasteiger charge is 2.27. The lowest BCUT2D eigenvalue weighted by Gasteiger charge is -2.25. The van der Waals surface area contributed by atoms with Gasteiger partial charge in [-0.3, -0.25) is 9.69 Å². The second-order valence-electron chi connectivity index (χ2n) is 4.38. The summed E-state index contributed by atoms with van der Waals surface area (Å²) in [7, 11) is 1.93. The molecule has 1 saturated carbocycles. The number of carbonyl (C=O) groups is 1. The molecule has 0 saturated heterocycles. The van der Waals surface area contributed by atoms with E-state index in [1.165, 1.54) is 0 Å². The van der Waals surface area contributed by atoms with Crippen LogP contribution in [0.1, 0.15) is 26.7 Å². The van der Waals surface area contributed by atoms with Crippen molar-refractivity contribution >= 4 is 5.91 Å². The Morgan fingerprint density at radius 1 is 1.57 bits per heavy atom. The largest absolute Gasteiger partial charge is 0.352 e. The fourth-order valence-electron chi connectivity index (χ4n) is 1.36. The third-order valence-electron chi connectivity index (χ3n) is 2.54. The van der Waals surface area contributed by atoms with Crippen molar-refractivity contribution in [2.24, 2.45) is 5.73 Å². The van der Waals surface area contributed by atoms with Crippen LogP contribution in [0, 0.1) is 0 Å². The van der Waals surface area contributed by atoms with Gasteiger partial charge < -0.3 is 11.1 Å². The van der Waals surface area contributed by atoms with Crippen molar-refractivity contribution in [1.82, 2.24) is 10.2 Å². The van der Waals surface area contributed by atoms with Crippen LogP contribution in [0.2, 0.25) is 0 Å². The van der Waals surface area contributed by atoms with Gasteiger partial charge in [-0.1, -0.05) is 0 Å². The first-order valence-electron chi connectivity index (χ1n) is 5.27. The minimum atomic E-state index is -0.0819. The second-order valence-corrected chi connectivity index (χ2v) is 4.38. The predicted octanol–water partition coefficient (Wildman–Crippen LogP) is -0.0675. The molecule has 0 aliphatic heterocycles. The summed E-state index contributed by atoms with van der Waals surface area (Å²) < 4.78 is 0. The van der Waals surface area contributed by atoms with E-state index in [9.17, 15) is 4.79 Å². The number of nitrogens with one attached hydrogen (secondary N) is 1. The van der Waals surface area contributed by atoms with E-state index in [0.29, 0.717) is 6.04 Å². The molecule has 0 aromatic rings. The van der Waals surface area contributed by atoms with Gasteiger partial charge in [0.1, 0.15) is 0 Å². The van der Waals surface area contributed by atoms with E-state index >= 15 is 0 Å². The van der Waals surface area contributed by atoms with E-state index in [1.54, 1.807) is 0 Å². The summed E-state index contributed by atoms with van der Waals surface area (Å²) in [5.41, 5.74) is 5.67. The SMILES string of the molecule is CC(N)CN(C)C(C)C(=O)NC1CC1. The highest BCUT2D eigenvalue weighted by Crippen LogP contribution is 2.18. The Kier molecular flexibility index (Phi) is 3.89. The third kappa shape index (κ3) is 3.64. The van der Waals surface area contributed by atoms with Crippen LogP contribution in [-0.4, -0.2) is 42.5 Å². The van der Waals surface area contributed by atoms with Crippen LogP contribution in [0.3, 0.4) is 0 Å². The van der Waals surface area contributed by atoms with Gasteiger partial charge in [-0.25, -0.2) is 0 Å².